The van der Waals surface area contributed by atoms with Gasteiger partial charge in [-0.15, -0.1) is 5.92 Å². The Bertz CT molecular complexity index is 561. The standard InChI is InChI=1S/C18H16P/c1-3-11-16(4-2)19(17-12-7-5-8-13-17)18-14-9-6-10-15-18/h5-10,12-15H,1-2H3. The molecule has 1 heteroatoms. The Labute approximate surface area is 116 Å². The minimum atomic E-state index is -0.588. The average molecular weight is 263 g/mol. The molecule has 1 radical (unpaired) electrons. The highest BCUT2D eigenvalue weighted by atomic mass is 31.1. The second-order valence-electron chi connectivity index (χ2n) is 3.98. The molecule has 0 unspecified atom stereocenters. The summed E-state index contributed by atoms with van der Waals surface area (Å²) in [6.07, 6.45) is 3.27. The van der Waals surface area contributed by atoms with Gasteiger partial charge in [-0.1, -0.05) is 66.6 Å². The van der Waals surface area contributed by atoms with Gasteiger partial charge in [0.15, 0.2) is 0 Å². The third-order valence-corrected chi connectivity index (χ3v) is 5.14. The number of allylic oxidation sites excluding steroid dienone is 2. The van der Waals surface area contributed by atoms with Crippen molar-refractivity contribution < 1.29 is 0 Å². The molecule has 0 amide bonds. The zero-order valence-corrected chi connectivity index (χ0v) is 12.1. The van der Waals surface area contributed by atoms with E-state index in [-0.39, 0.29) is 0 Å². The van der Waals surface area contributed by atoms with Gasteiger partial charge in [-0.05, 0) is 38.5 Å². The lowest BCUT2D eigenvalue weighted by Gasteiger charge is -2.18. The fraction of sp³-hybridized carbons (Fsp3) is 0.111. The molecule has 0 bridgehead atoms. The van der Waals surface area contributed by atoms with Crippen LogP contribution in [0.25, 0.3) is 0 Å². The van der Waals surface area contributed by atoms with E-state index in [1.807, 2.05) is 26.0 Å². The molecule has 2 aromatic carbocycles. The van der Waals surface area contributed by atoms with Crippen molar-refractivity contribution in [3.8, 4) is 11.8 Å². The predicted octanol–water partition coefficient (Wildman–Crippen LogP) is 3.85. The van der Waals surface area contributed by atoms with Crippen molar-refractivity contribution in [3.63, 3.8) is 0 Å². The first kappa shape index (κ1) is 13.6. The van der Waals surface area contributed by atoms with Gasteiger partial charge in [-0.25, -0.2) is 0 Å². The van der Waals surface area contributed by atoms with E-state index >= 15 is 0 Å². The summed E-state index contributed by atoms with van der Waals surface area (Å²) in [7, 11) is -0.588. The van der Waals surface area contributed by atoms with Gasteiger partial charge in [-0.3, -0.25) is 0 Å². The van der Waals surface area contributed by atoms with Crippen molar-refractivity contribution in [2.24, 2.45) is 0 Å². The van der Waals surface area contributed by atoms with Gasteiger partial charge in [-0.2, -0.15) is 0 Å². The van der Waals surface area contributed by atoms with Crippen LogP contribution in [-0.2, 0) is 0 Å². The molecule has 0 heterocycles. The van der Waals surface area contributed by atoms with E-state index < -0.39 is 7.92 Å². The fourth-order valence-electron chi connectivity index (χ4n) is 1.91. The summed E-state index contributed by atoms with van der Waals surface area (Å²) >= 11 is 0. The molecule has 0 atom stereocenters. The van der Waals surface area contributed by atoms with Gasteiger partial charge in [0.2, 0.25) is 0 Å². The third kappa shape index (κ3) is 3.34. The van der Waals surface area contributed by atoms with Crippen LogP contribution in [0.4, 0.5) is 0 Å². The quantitative estimate of drug-likeness (QED) is 0.583. The van der Waals surface area contributed by atoms with E-state index in [0.717, 1.165) is 5.31 Å². The van der Waals surface area contributed by atoms with Crippen molar-refractivity contribution >= 4 is 18.5 Å². The summed E-state index contributed by atoms with van der Waals surface area (Å²) in [5, 5.41) is 3.72. The van der Waals surface area contributed by atoms with Crippen LogP contribution < -0.4 is 10.6 Å². The van der Waals surface area contributed by atoms with Crippen molar-refractivity contribution in [2.75, 3.05) is 0 Å². The Hall–Kier alpha value is -1.83. The van der Waals surface area contributed by atoms with E-state index in [0.29, 0.717) is 0 Å². The molecule has 0 aromatic heterocycles. The van der Waals surface area contributed by atoms with Crippen LogP contribution in [0.3, 0.4) is 0 Å². The van der Waals surface area contributed by atoms with Gasteiger partial charge < -0.3 is 0 Å². The molecule has 0 N–H and O–H groups in total. The molecule has 2 rings (SSSR count). The molecule has 93 valence electrons. The number of rotatable bonds is 3. The summed E-state index contributed by atoms with van der Waals surface area (Å²) in [5.41, 5.74) is 0. The minimum Gasteiger partial charge on any atom is -0.101 e. The second kappa shape index (κ2) is 6.93. The van der Waals surface area contributed by atoms with Gasteiger partial charge in [0.05, 0.1) is 0 Å². The molecule has 0 fully saturated rings. The molecule has 0 spiro atoms. The fourth-order valence-corrected chi connectivity index (χ4v) is 4.11. The van der Waals surface area contributed by atoms with Crippen molar-refractivity contribution in [1.82, 2.24) is 0 Å². The van der Waals surface area contributed by atoms with Crippen LogP contribution in [0, 0.1) is 17.9 Å². The lowest BCUT2D eigenvalue weighted by molar-refractivity contribution is 1.63. The smallest absolute Gasteiger partial charge is 0.0376 e. The summed E-state index contributed by atoms with van der Waals surface area (Å²) in [6, 6.07) is 21.1. The second-order valence-corrected chi connectivity index (χ2v) is 6.13. The molecular weight excluding hydrogens is 247 g/mol. The molecule has 0 saturated heterocycles. The van der Waals surface area contributed by atoms with Crippen LogP contribution in [0.15, 0.2) is 66.0 Å². The van der Waals surface area contributed by atoms with Gasteiger partial charge >= 0.3 is 0 Å². The van der Waals surface area contributed by atoms with Gasteiger partial charge in [0.1, 0.15) is 0 Å². The molecule has 2 aromatic rings. The maximum atomic E-state index is 3.27. The molecule has 0 aliphatic carbocycles. The van der Waals surface area contributed by atoms with Crippen LogP contribution in [-0.4, -0.2) is 0 Å². The minimum absolute atomic E-state index is 0.588. The van der Waals surface area contributed by atoms with Crippen LogP contribution in [0.2, 0.25) is 0 Å². The zero-order chi connectivity index (χ0) is 13.5. The number of hydrogen-bond donors (Lipinski definition) is 0. The first-order chi connectivity index (χ1) is 9.36. The Morgan fingerprint density at radius 2 is 1.26 bits per heavy atom. The SMILES string of the molecule is C[C]=C(C#CC)P(c1ccccc1)c1ccccc1. The van der Waals surface area contributed by atoms with E-state index in [1.54, 1.807) is 0 Å². The topological polar surface area (TPSA) is 0 Å². The molecule has 19 heavy (non-hydrogen) atoms. The lowest BCUT2D eigenvalue weighted by Crippen LogP contribution is -2.12. The maximum Gasteiger partial charge on any atom is 0.0376 e. The molecule has 0 saturated carbocycles. The summed E-state index contributed by atoms with van der Waals surface area (Å²) in [4.78, 5) is 0. The van der Waals surface area contributed by atoms with Gasteiger partial charge in [0, 0.05) is 5.31 Å². The van der Waals surface area contributed by atoms with E-state index in [1.165, 1.54) is 10.6 Å². The first-order valence-corrected chi connectivity index (χ1v) is 7.58. The summed E-state index contributed by atoms with van der Waals surface area (Å²) in [6.45, 7) is 3.82. The average Bonchev–Trinajstić information content (AvgIpc) is 2.49. The highest BCUT2D eigenvalue weighted by Gasteiger charge is 2.16. The Kier molecular flexibility index (Phi) is 4.96. The summed E-state index contributed by atoms with van der Waals surface area (Å²) in [5.74, 6) is 6.22. The zero-order valence-electron chi connectivity index (χ0n) is 11.2. The van der Waals surface area contributed by atoms with Crippen molar-refractivity contribution in [1.29, 1.82) is 0 Å². The van der Waals surface area contributed by atoms with Crippen LogP contribution >= 0.6 is 7.92 Å². The molecular formula is C18H16P. The highest BCUT2D eigenvalue weighted by Crippen LogP contribution is 2.41. The molecule has 0 aliphatic heterocycles. The lowest BCUT2D eigenvalue weighted by atomic mass is 10.4. The Balaban J connectivity index is 2.54. The van der Waals surface area contributed by atoms with E-state index in [2.05, 4.69) is 66.4 Å². The number of hydrogen-bond acceptors (Lipinski definition) is 0. The normalized spacial score (nSPS) is 11.0. The van der Waals surface area contributed by atoms with Crippen LogP contribution in [0.5, 0.6) is 0 Å². The summed E-state index contributed by atoms with van der Waals surface area (Å²) < 4.78 is 0. The predicted molar refractivity (Wildman–Crippen MR) is 85.0 cm³/mol. The molecule has 0 nitrogen and oxygen atoms in total. The first-order valence-electron chi connectivity index (χ1n) is 6.24. The van der Waals surface area contributed by atoms with Crippen molar-refractivity contribution in [2.45, 2.75) is 13.8 Å². The third-order valence-electron chi connectivity index (χ3n) is 2.73. The van der Waals surface area contributed by atoms with E-state index in [4.69, 9.17) is 0 Å². The van der Waals surface area contributed by atoms with Gasteiger partial charge in [0.25, 0.3) is 0 Å². The number of benzene rings is 2. The Morgan fingerprint density at radius 1 is 0.789 bits per heavy atom. The van der Waals surface area contributed by atoms with Crippen molar-refractivity contribution in [3.05, 3.63) is 72.1 Å². The maximum absolute atomic E-state index is 3.27. The largest absolute Gasteiger partial charge is 0.101 e. The Morgan fingerprint density at radius 3 is 1.63 bits per heavy atom. The van der Waals surface area contributed by atoms with Crippen LogP contribution in [0.1, 0.15) is 13.8 Å². The molecule has 0 aliphatic rings. The highest BCUT2D eigenvalue weighted by molar-refractivity contribution is 7.77. The monoisotopic (exact) mass is 263 g/mol. The van der Waals surface area contributed by atoms with E-state index in [9.17, 15) is 0 Å².